The van der Waals surface area contributed by atoms with E-state index in [1.54, 1.807) is 0 Å². The first-order valence-corrected chi connectivity index (χ1v) is 3.38. The molecule has 66 valence electrons. The number of carboxylic acids is 1. The molecule has 0 heterocycles. The van der Waals surface area contributed by atoms with Crippen LogP contribution in [0.15, 0.2) is 0 Å². The van der Waals surface area contributed by atoms with Crippen molar-refractivity contribution >= 4 is 5.97 Å². The lowest BCUT2D eigenvalue weighted by Crippen LogP contribution is -2.31. The van der Waals surface area contributed by atoms with Crippen LogP contribution in [0, 0.1) is 0 Å². The van der Waals surface area contributed by atoms with Gasteiger partial charge in [-0.15, -0.1) is 0 Å². The largest absolute Gasteiger partial charge is 0.480 e. The highest BCUT2D eigenvalue weighted by molar-refractivity contribution is 5.68. The van der Waals surface area contributed by atoms with E-state index in [9.17, 15) is 4.79 Å². The molecule has 1 atom stereocenters. The maximum atomic E-state index is 9.95. The van der Waals surface area contributed by atoms with Crippen LogP contribution >= 0.6 is 0 Å². The van der Waals surface area contributed by atoms with Crippen LogP contribution in [0.25, 0.3) is 0 Å². The fourth-order valence-corrected chi connectivity index (χ4v) is 0.597. The Bertz CT molecular complexity index is 117. The Morgan fingerprint density at radius 3 is 2.64 bits per heavy atom. The Morgan fingerprint density at radius 2 is 2.18 bits per heavy atom. The van der Waals surface area contributed by atoms with E-state index in [0.717, 1.165) is 0 Å². The Hall–Kier alpha value is -0.650. The highest BCUT2D eigenvalue weighted by atomic mass is 16.4. The van der Waals surface area contributed by atoms with Crippen LogP contribution in [-0.2, 0) is 4.79 Å². The number of carbonyl (C=O) groups is 1. The van der Waals surface area contributed by atoms with Gasteiger partial charge in [0, 0.05) is 13.2 Å². The summed E-state index contributed by atoms with van der Waals surface area (Å²) >= 11 is 0. The minimum Gasteiger partial charge on any atom is -0.480 e. The van der Waals surface area contributed by atoms with Crippen molar-refractivity contribution in [1.29, 1.82) is 0 Å². The van der Waals surface area contributed by atoms with E-state index in [0.29, 0.717) is 0 Å². The molecular weight excluding hydrogens is 150 g/mol. The zero-order chi connectivity index (χ0) is 8.69. The zero-order valence-electron chi connectivity index (χ0n) is 6.16. The Balaban J connectivity index is 3.16. The highest BCUT2D eigenvalue weighted by Crippen LogP contribution is 1.86. The molecule has 1 unspecified atom stereocenters. The second-order valence-electron chi connectivity index (χ2n) is 2.19. The summed E-state index contributed by atoms with van der Waals surface area (Å²) in [6, 6.07) is 0. The average molecular weight is 163 g/mol. The Labute approximate surface area is 64.7 Å². The second kappa shape index (κ2) is 6.09. The van der Waals surface area contributed by atoms with E-state index in [-0.39, 0.29) is 26.1 Å². The van der Waals surface area contributed by atoms with Gasteiger partial charge in [0.1, 0.15) is 0 Å². The van der Waals surface area contributed by atoms with E-state index in [1.165, 1.54) is 0 Å². The molecule has 0 spiro atoms. The first-order chi connectivity index (χ1) is 5.16. The van der Waals surface area contributed by atoms with Crippen LogP contribution in [0.4, 0.5) is 0 Å². The van der Waals surface area contributed by atoms with Gasteiger partial charge in [0.15, 0.2) is 0 Å². The molecule has 0 aromatic carbocycles. The van der Waals surface area contributed by atoms with Crippen molar-refractivity contribution in [2.24, 2.45) is 0 Å². The number of aliphatic hydroxyl groups is 2. The molecule has 0 rings (SSSR count). The Morgan fingerprint density at radius 1 is 1.55 bits per heavy atom. The van der Waals surface area contributed by atoms with Gasteiger partial charge in [0.25, 0.3) is 0 Å². The fourth-order valence-electron chi connectivity index (χ4n) is 0.597. The van der Waals surface area contributed by atoms with Gasteiger partial charge in [-0.1, -0.05) is 0 Å². The van der Waals surface area contributed by atoms with Crippen molar-refractivity contribution in [2.75, 3.05) is 19.7 Å². The number of hydrogen-bond donors (Lipinski definition) is 4. The van der Waals surface area contributed by atoms with Crippen molar-refractivity contribution in [2.45, 2.75) is 12.5 Å². The molecule has 0 aromatic heterocycles. The minimum atomic E-state index is -0.957. The van der Waals surface area contributed by atoms with Crippen molar-refractivity contribution in [3.63, 3.8) is 0 Å². The van der Waals surface area contributed by atoms with Gasteiger partial charge in [0.2, 0.25) is 0 Å². The van der Waals surface area contributed by atoms with Gasteiger partial charge in [-0.05, 0) is 6.42 Å². The molecule has 5 nitrogen and oxygen atoms in total. The summed E-state index contributed by atoms with van der Waals surface area (Å²) < 4.78 is 0. The van der Waals surface area contributed by atoms with Crippen LogP contribution in [0.1, 0.15) is 6.42 Å². The molecule has 0 aliphatic heterocycles. The number of hydrogen-bond acceptors (Lipinski definition) is 4. The summed E-state index contributed by atoms with van der Waals surface area (Å²) in [5, 5.41) is 28.0. The van der Waals surface area contributed by atoms with E-state index in [1.807, 2.05) is 0 Å². The van der Waals surface area contributed by atoms with Crippen molar-refractivity contribution in [3.05, 3.63) is 0 Å². The molecule has 0 bridgehead atoms. The summed E-state index contributed by atoms with van der Waals surface area (Å²) in [5.74, 6) is -0.957. The topological polar surface area (TPSA) is 89.8 Å². The molecule has 0 amide bonds. The third kappa shape index (κ3) is 7.24. The number of carboxylic acid groups (broad SMARTS) is 1. The quantitative estimate of drug-likeness (QED) is 0.379. The number of rotatable bonds is 6. The van der Waals surface area contributed by atoms with Crippen LogP contribution in [0.2, 0.25) is 0 Å². The lowest BCUT2D eigenvalue weighted by atomic mass is 10.2. The SMILES string of the molecule is O=C(O)CNCC(O)CCO. The van der Waals surface area contributed by atoms with Crippen molar-refractivity contribution in [3.8, 4) is 0 Å². The normalized spacial score (nSPS) is 12.9. The molecule has 0 aromatic rings. The summed E-state index contributed by atoms with van der Waals surface area (Å²) in [7, 11) is 0. The lowest BCUT2D eigenvalue weighted by Gasteiger charge is -2.07. The van der Waals surface area contributed by atoms with Gasteiger partial charge in [-0.3, -0.25) is 4.79 Å². The smallest absolute Gasteiger partial charge is 0.317 e. The monoisotopic (exact) mass is 163 g/mol. The molecule has 5 heteroatoms. The molecule has 0 fully saturated rings. The molecular formula is C6H13NO4. The lowest BCUT2D eigenvalue weighted by molar-refractivity contribution is -0.136. The number of nitrogens with one attached hydrogen (secondary N) is 1. The van der Waals surface area contributed by atoms with Gasteiger partial charge >= 0.3 is 5.97 Å². The van der Waals surface area contributed by atoms with E-state index < -0.39 is 12.1 Å². The molecule has 0 saturated heterocycles. The van der Waals surface area contributed by atoms with Crippen molar-refractivity contribution < 1.29 is 20.1 Å². The summed E-state index contributed by atoms with van der Waals surface area (Å²) in [5.41, 5.74) is 0. The molecule has 0 aliphatic carbocycles. The average Bonchev–Trinajstić information content (AvgIpc) is 1.87. The number of aliphatic carboxylic acids is 1. The summed E-state index contributed by atoms with van der Waals surface area (Å²) in [6.07, 6.45) is -0.397. The van der Waals surface area contributed by atoms with Crippen LogP contribution < -0.4 is 5.32 Å². The third-order valence-corrected chi connectivity index (χ3v) is 1.12. The highest BCUT2D eigenvalue weighted by Gasteiger charge is 2.02. The fraction of sp³-hybridized carbons (Fsp3) is 0.833. The molecule has 4 N–H and O–H groups in total. The third-order valence-electron chi connectivity index (χ3n) is 1.12. The maximum absolute atomic E-state index is 9.95. The first kappa shape index (κ1) is 10.3. The Kier molecular flexibility index (Phi) is 5.73. The van der Waals surface area contributed by atoms with Crippen LogP contribution in [0.3, 0.4) is 0 Å². The van der Waals surface area contributed by atoms with E-state index >= 15 is 0 Å². The summed E-state index contributed by atoms with van der Waals surface area (Å²) in [6.45, 7) is -0.0503. The van der Waals surface area contributed by atoms with Gasteiger partial charge in [-0.2, -0.15) is 0 Å². The summed E-state index contributed by atoms with van der Waals surface area (Å²) in [4.78, 5) is 9.95. The predicted octanol–water partition coefficient (Wildman–Crippen LogP) is -1.60. The number of aliphatic hydroxyl groups excluding tert-OH is 2. The van der Waals surface area contributed by atoms with Gasteiger partial charge < -0.3 is 20.6 Å². The second-order valence-corrected chi connectivity index (χ2v) is 2.19. The minimum absolute atomic E-state index is 0.0874. The van der Waals surface area contributed by atoms with Crippen LogP contribution in [-0.4, -0.2) is 47.1 Å². The zero-order valence-corrected chi connectivity index (χ0v) is 6.16. The molecule has 0 saturated carbocycles. The van der Waals surface area contributed by atoms with Crippen LogP contribution in [0.5, 0.6) is 0 Å². The van der Waals surface area contributed by atoms with E-state index in [2.05, 4.69) is 5.32 Å². The molecule has 0 radical (unpaired) electrons. The van der Waals surface area contributed by atoms with Gasteiger partial charge in [-0.25, -0.2) is 0 Å². The standard InChI is InChI=1S/C6H13NO4/c8-2-1-5(9)3-7-4-6(10)11/h5,7-9H,1-4H2,(H,10,11). The van der Waals surface area contributed by atoms with E-state index in [4.69, 9.17) is 15.3 Å². The maximum Gasteiger partial charge on any atom is 0.317 e. The molecule has 11 heavy (non-hydrogen) atoms. The van der Waals surface area contributed by atoms with Crippen molar-refractivity contribution in [1.82, 2.24) is 5.32 Å². The first-order valence-electron chi connectivity index (χ1n) is 3.38. The predicted molar refractivity (Wildman–Crippen MR) is 38.2 cm³/mol. The molecule has 0 aliphatic rings. The van der Waals surface area contributed by atoms with Gasteiger partial charge in [0.05, 0.1) is 12.6 Å².